The van der Waals surface area contributed by atoms with E-state index in [1.807, 2.05) is 6.07 Å². The summed E-state index contributed by atoms with van der Waals surface area (Å²) in [6, 6.07) is 13.6. The Labute approximate surface area is 177 Å². The van der Waals surface area contributed by atoms with E-state index in [2.05, 4.69) is 0 Å². The number of nitrogens with zero attached hydrogens (tertiary/aromatic N) is 2. The smallest absolute Gasteiger partial charge is 0.355 e. The van der Waals surface area contributed by atoms with Gasteiger partial charge in [0.2, 0.25) is 0 Å². The number of methoxy groups -OCH3 is 2. The van der Waals surface area contributed by atoms with Crippen LogP contribution in [0.2, 0.25) is 0 Å². The quantitative estimate of drug-likeness (QED) is 0.718. The molecule has 3 rings (SSSR count). The number of aromatic hydroxyl groups is 1. The Kier molecular flexibility index (Phi) is 5.93. The summed E-state index contributed by atoms with van der Waals surface area (Å²) >= 11 is 0. The highest BCUT2D eigenvalue weighted by atomic mass is 19.1. The first-order chi connectivity index (χ1) is 14.8. The van der Waals surface area contributed by atoms with Gasteiger partial charge in [0, 0.05) is 6.07 Å². The first-order valence-electron chi connectivity index (χ1n) is 8.99. The average Bonchev–Trinajstić information content (AvgIpc) is 2.78. The lowest BCUT2D eigenvalue weighted by atomic mass is 9.81. The number of ether oxygens (including phenoxy) is 2. The molecule has 31 heavy (non-hydrogen) atoms. The lowest BCUT2D eigenvalue weighted by Crippen LogP contribution is -2.41. The van der Waals surface area contributed by atoms with Gasteiger partial charge in [0.25, 0.3) is 0 Å². The van der Waals surface area contributed by atoms with Gasteiger partial charge in [-0.15, -0.1) is 0 Å². The van der Waals surface area contributed by atoms with Crippen molar-refractivity contribution in [3.63, 3.8) is 0 Å². The Morgan fingerprint density at radius 1 is 1.13 bits per heavy atom. The minimum atomic E-state index is -1.05. The second-order valence-corrected chi connectivity index (χ2v) is 6.47. The van der Waals surface area contributed by atoms with Crippen LogP contribution in [0.1, 0.15) is 11.5 Å². The Morgan fingerprint density at radius 3 is 2.32 bits per heavy atom. The van der Waals surface area contributed by atoms with Crippen molar-refractivity contribution in [1.29, 1.82) is 5.26 Å². The lowest BCUT2D eigenvalue weighted by molar-refractivity contribution is -0.139. The van der Waals surface area contributed by atoms with E-state index in [0.717, 1.165) is 31.3 Å². The molecule has 0 saturated carbocycles. The van der Waals surface area contributed by atoms with E-state index in [9.17, 15) is 24.3 Å². The molecule has 0 radical (unpaired) electrons. The fraction of sp³-hybridized carbons (Fsp3) is 0.136. The number of hydrogen-bond acceptors (Lipinski definition) is 8. The number of hydrogen-bond donors (Lipinski definition) is 2. The van der Waals surface area contributed by atoms with E-state index < -0.39 is 29.4 Å². The van der Waals surface area contributed by atoms with E-state index in [1.165, 1.54) is 6.07 Å². The third kappa shape index (κ3) is 3.67. The van der Waals surface area contributed by atoms with E-state index in [0.29, 0.717) is 5.56 Å². The number of phenols is 1. The first kappa shape index (κ1) is 21.4. The second-order valence-electron chi connectivity index (χ2n) is 6.47. The Morgan fingerprint density at radius 2 is 1.77 bits per heavy atom. The predicted molar refractivity (Wildman–Crippen MR) is 108 cm³/mol. The van der Waals surface area contributed by atoms with Crippen molar-refractivity contribution in [1.82, 2.24) is 0 Å². The number of allylic oxidation sites excluding steroid dienone is 1. The number of carbonyl (C=O) groups excluding carboxylic acids is 2. The maximum absolute atomic E-state index is 14.8. The van der Waals surface area contributed by atoms with Crippen LogP contribution >= 0.6 is 0 Å². The Hall–Kier alpha value is -4.32. The average molecular weight is 423 g/mol. The number of carbonyl (C=O) groups is 2. The molecule has 0 aliphatic carbocycles. The van der Waals surface area contributed by atoms with Crippen LogP contribution in [0.3, 0.4) is 0 Å². The van der Waals surface area contributed by atoms with Crippen molar-refractivity contribution >= 4 is 17.6 Å². The minimum Gasteiger partial charge on any atom is -0.508 e. The summed E-state index contributed by atoms with van der Waals surface area (Å²) in [6.07, 6.45) is 0. The summed E-state index contributed by atoms with van der Waals surface area (Å²) < 4.78 is 24.5. The molecule has 1 aliphatic heterocycles. The molecule has 3 N–H and O–H groups in total. The molecule has 0 saturated heterocycles. The SMILES string of the molecule is COC(=O)C1=C(C(=O)OC)N(c2ccc(O)cc2F)C(N)=C(C#N)C1c1ccccc1. The van der Waals surface area contributed by atoms with Crippen molar-refractivity contribution in [2.75, 3.05) is 19.1 Å². The number of nitriles is 1. The number of phenolic OH excluding ortho intramolecular Hbond substituents is 1. The van der Waals surface area contributed by atoms with Crippen LogP contribution in [0.25, 0.3) is 0 Å². The number of anilines is 1. The second kappa shape index (κ2) is 8.59. The van der Waals surface area contributed by atoms with Gasteiger partial charge in [-0.2, -0.15) is 5.26 Å². The van der Waals surface area contributed by atoms with Crippen LogP contribution in [0.15, 0.2) is 71.2 Å². The number of halogens is 1. The van der Waals surface area contributed by atoms with Gasteiger partial charge in [0.15, 0.2) is 5.82 Å². The van der Waals surface area contributed by atoms with E-state index in [1.54, 1.807) is 30.3 Å². The maximum atomic E-state index is 14.8. The van der Waals surface area contributed by atoms with Crippen LogP contribution in [-0.4, -0.2) is 31.3 Å². The van der Waals surface area contributed by atoms with Crippen molar-refractivity contribution in [2.24, 2.45) is 5.73 Å². The van der Waals surface area contributed by atoms with E-state index >= 15 is 0 Å². The van der Waals surface area contributed by atoms with E-state index in [4.69, 9.17) is 15.2 Å². The molecule has 1 heterocycles. The van der Waals surface area contributed by atoms with Crippen molar-refractivity contribution in [3.8, 4) is 11.8 Å². The van der Waals surface area contributed by atoms with Gasteiger partial charge in [-0.3, -0.25) is 4.90 Å². The molecule has 2 aromatic carbocycles. The van der Waals surface area contributed by atoms with Crippen LogP contribution in [0.5, 0.6) is 5.75 Å². The molecule has 158 valence electrons. The Balaban J connectivity index is 2.43. The zero-order valence-corrected chi connectivity index (χ0v) is 16.6. The summed E-state index contributed by atoms with van der Waals surface area (Å²) in [5.41, 5.74) is 5.75. The third-order valence-corrected chi connectivity index (χ3v) is 4.78. The lowest BCUT2D eigenvalue weighted by Gasteiger charge is -2.35. The Bertz CT molecular complexity index is 1150. The summed E-state index contributed by atoms with van der Waals surface area (Å²) in [5.74, 6) is -4.53. The van der Waals surface area contributed by atoms with Gasteiger partial charge in [-0.1, -0.05) is 30.3 Å². The molecule has 1 unspecified atom stereocenters. The van der Waals surface area contributed by atoms with Gasteiger partial charge in [-0.05, 0) is 17.7 Å². The topological polar surface area (TPSA) is 126 Å². The molecule has 0 bridgehead atoms. The fourth-order valence-corrected chi connectivity index (χ4v) is 3.44. The molecular weight excluding hydrogens is 405 g/mol. The van der Waals surface area contributed by atoms with E-state index in [-0.39, 0.29) is 28.4 Å². The van der Waals surface area contributed by atoms with Crippen molar-refractivity contribution in [2.45, 2.75) is 5.92 Å². The molecule has 8 nitrogen and oxygen atoms in total. The number of rotatable bonds is 4. The van der Waals surface area contributed by atoms with Crippen LogP contribution in [0, 0.1) is 17.1 Å². The number of esters is 2. The molecule has 1 aliphatic rings. The van der Waals surface area contributed by atoms with Crippen LogP contribution in [-0.2, 0) is 19.1 Å². The first-order valence-corrected chi connectivity index (χ1v) is 8.99. The summed E-state index contributed by atoms with van der Waals surface area (Å²) in [7, 11) is 2.21. The van der Waals surface area contributed by atoms with Gasteiger partial charge in [-0.25, -0.2) is 14.0 Å². The van der Waals surface area contributed by atoms with Gasteiger partial charge < -0.3 is 20.3 Å². The minimum absolute atomic E-state index is 0.0910. The highest BCUT2D eigenvalue weighted by Gasteiger charge is 2.43. The largest absolute Gasteiger partial charge is 0.508 e. The van der Waals surface area contributed by atoms with Crippen LogP contribution < -0.4 is 10.6 Å². The molecular formula is C22H18FN3O5. The van der Waals surface area contributed by atoms with Gasteiger partial charge in [0.05, 0.1) is 43.0 Å². The highest BCUT2D eigenvalue weighted by Crippen LogP contribution is 2.43. The van der Waals surface area contributed by atoms with Crippen LogP contribution in [0.4, 0.5) is 10.1 Å². The zero-order chi connectivity index (χ0) is 22.7. The van der Waals surface area contributed by atoms with Crippen molar-refractivity contribution in [3.05, 3.63) is 82.6 Å². The summed E-state index contributed by atoms with van der Waals surface area (Å²) in [6.45, 7) is 0. The molecule has 0 aromatic heterocycles. The number of nitrogens with two attached hydrogens (primary N) is 1. The molecule has 2 aromatic rings. The van der Waals surface area contributed by atoms with Crippen molar-refractivity contribution < 1.29 is 28.6 Å². The highest BCUT2D eigenvalue weighted by molar-refractivity contribution is 6.06. The predicted octanol–water partition coefficient (Wildman–Crippen LogP) is 2.43. The number of benzene rings is 2. The summed E-state index contributed by atoms with van der Waals surface area (Å²) in [5, 5.41) is 19.4. The molecule has 0 spiro atoms. The molecule has 0 amide bonds. The summed E-state index contributed by atoms with van der Waals surface area (Å²) in [4.78, 5) is 26.6. The third-order valence-electron chi connectivity index (χ3n) is 4.78. The molecule has 9 heteroatoms. The standard InChI is InChI=1S/C22H18FN3O5/c1-30-21(28)18-17(12-6-4-3-5-7-12)14(11-24)20(25)26(19(18)22(29)31-2)16-9-8-13(27)10-15(16)23/h3-10,17,27H,25H2,1-2H3. The zero-order valence-electron chi connectivity index (χ0n) is 16.6. The fourth-order valence-electron chi connectivity index (χ4n) is 3.44. The van der Waals surface area contributed by atoms with Gasteiger partial charge >= 0.3 is 11.9 Å². The van der Waals surface area contributed by atoms with Gasteiger partial charge in [0.1, 0.15) is 17.3 Å². The molecule has 0 fully saturated rings. The normalized spacial score (nSPS) is 16.1. The maximum Gasteiger partial charge on any atom is 0.355 e. The monoisotopic (exact) mass is 423 g/mol. The molecule has 1 atom stereocenters.